The highest BCUT2D eigenvalue weighted by Gasteiger charge is 2.31. The van der Waals surface area contributed by atoms with E-state index < -0.39 is 0 Å². The minimum absolute atomic E-state index is 0.0354. The lowest BCUT2D eigenvalue weighted by Gasteiger charge is -2.27. The predicted molar refractivity (Wildman–Crippen MR) is 77.7 cm³/mol. The number of rotatable bonds is 3. The summed E-state index contributed by atoms with van der Waals surface area (Å²) in [5, 5.41) is 3.37. The Labute approximate surface area is 119 Å². The van der Waals surface area contributed by atoms with Gasteiger partial charge in [0, 0.05) is 25.8 Å². The molecule has 1 aliphatic rings. The first-order valence-corrected chi connectivity index (χ1v) is 7.06. The van der Waals surface area contributed by atoms with Gasteiger partial charge in [0.05, 0.1) is 10.6 Å². The minimum atomic E-state index is 0.0354. The van der Waals surface area contributed by atoms with E-state index in [4.69, 9.17) is 11.6 Å². The van der Waals surface area contributed by atoms with E-state index in [2.05, 4.69) is 24.1 Å². The monoisotopic (exact) mass is 281 g/mol. The molecule has 19 heavy (non-hydrogen) atoms. The van der Waals surface area contributed by atoms with Gasteiger partial charge < -0.3 is 10.2 Å². The van der Waals surface area contributed by atoms with Crippen molar-refractivity contribution in [1.29, 1.82) is 0 Å². The van der Waals surface area contributed by atoms with E-state index in [0.717, 1.165) is 19.4 Å². The average molecular weight is 282 g/mol. The largest absolute Gasteiger partial charge is 0.372 e. The molecule has 1 saturated heterocycles. The normalized spacial score (nSPS) is 19.0. The van der Waals surface area contributed by atoms with Gasteiger partial charge in [0.25, 0.3) is 5.91 Å². The predicted octanol–water partition coefficient (Wildman–Crippen LogP) is 3.04. The molecule has 0 radical (unpaired) electrons. The van der Waals surface area contributed by atoms with E-state index in [0.29, 0.717) is 28.4 Å². The highest BCUT2D eigenvalue weighted by molar-refractivity contribution is 6.33. The highest BCUT2D eigenvalue weighted by atomic mass is 35.5. The maximum Gasteiger partial charge on any atom is 0.255 e. The zero-order valence-corrected chi connectivity index (χ0v) is 12.4. The lowest BCUT2D eigenvalue weighted by molar-refractivity contribution is 0.0701. The maximum absolute atomic E-state index is 12.5. The summed E-state index contributed by atoms with van der Waals surface area (Å²) in [5.74, 6) is 1.11. The number of amides is 1. The third-order valence-corrected chi connectivity index (χ3v) is 3.94. The summed E-state index contributed by atoms with van der Waals surface area (Å²) in [5.41, 5.74) is 0.566. The summed E-state index contributed by atoms with van der Waals surface area (Å²) in [4.78, 5) is 18.6. The third-order valence-electron chi connectivity index (χ3n) is 3.65. The lowest BCUT2D eigenvalue weighted by Crippen LogP contribution is -2.38. The molecule has 1 N–H and O–H groups in total. The van der Waals surface area contributed by atoms with Gasteiger partial charge in [-0.15, -0.1) is 0 Å². The number of halogens is 1. The molecule has 0 aliphatic carbocycles. The number of carbonyl (C=O) groups excluding carboxylic acids is 1. The summed E-state index contributed by atoms with van der Waals surface area (Å²) in [7, 11) is 1.75. The SMILES string of the molecule is CNc1ncc(C(=O)N2CCCC2C(C)C)cc1Cl. The molecule has 5 heteroatoms. The molecule has 1 aromatic heterocycles. The van der Waals surface area contributed by atoms with Gasteiger partial charge >= 0.3 is 0 Å². The molecule has 2 heterocycles. The molecular weight excluding hydrogens is 262 g/mol. The molecule has 0 aromatic carbocycles. The molecule has 1 amide bonds. The summed E-state index contributed by atoms with van der Waals surface area (Å²) < 4.78 is 0. The van der Waals surface area contributed by atoms with Crippen LogP contribution < -0.4 is 5.32 Å². The fourth-order valence-corrected chi connectivity index (χ4v) is 2.90. The maximum atomic E-state index is 12.5. The number of pyridine rings is 1. The van der Waals surface area contributed by atoms with Crippen LogP contribution in [0.3, 0.4) is 0 Å². The average Bonchev–Trinajstić information content (AvgIpc) is 2.87. The summed E-state index contributed by atoms with van der Waals surface area (Å²) in [6, 6.07) is 2.02. The van der Waals surface area contributed by atoms with E-state index in [1.54, 1.807) is 19.3 Å². The molecule has 104 valence electrons. The number of aromatic nitrogens is 1. The zero-order chi connectivity index (χ0) is 14.0. The molecule has 0 spiro atoms. The van der Waals surface area contributed by atoms with E-state index in [1.165, 1.54) is 0 Å². The Bertz CT molecular complexity index is 476. The number of hydrogen-bond donors (Lipinski definition) is 1. The second-order valence-electron chi connectivity index (χ2n) is 5.26. The Morgan fingerprint density at radius 2 is 2.32 bits per heavy atom. The molecule has 4 nitrogen and oxygen atoms in total. The first kappa shape index (κ1) is 14.1. The van der Waals surface area contributed by atoms with E-state index in [9.17, 15) is 4.79 Å². The van der Waals surface area contributed by atoms with Crippen molar-refractivity contribution in [3.63, 3.8) is 0 Å². The molecule has 1 aromatic rings. The van der Waals surface area contributed by atoms with Crippen LogP contribution in [0.2, 0.25) is 5.02 Å². The second kappa shape index (κ2) is 5.78. The minimum Gasteiger partial charge on any atom is -0.372 e. The Morgan fingerprint density at radius 1 is 1.58 bits per heavy atom. The Morgan fingerprint density at radius 3 is 2.89 bits per heavy atom. The number of anilines is 1. The van der Waals surface area contributed by atoms with Gasteiger partial charge in [0.1, 0.15) is 5.82 Å². The lowest BCUT2D eigenvalue weighted by atomic mass is 10.0. The van der Waals surface area contributed by atoms with Crippen molar-refractivity contribution in [2.75, 3.05) is 18.9 Å². The van der Waals surface area contributed by atoms with Crippen LogP contribution in [0, 0.1) is 5.92 Å². The second-order valence-corrected chi connectivity index (χ2v) is 5.66. The molecule has 1 atom stereocenters. The summed E-state index contributed by atoms with van der Waals surface area (Å²) in [6.45, 7) is 5.14. The van der Waals surface area contributed by atoms with E-state index >= 15 is 0 Å². The summed E-state index contributed by atoms with van der Waals surface area (Å²) in [6.07, 6.45) is 3.75. The van der Waals surface area contributed by atoms with Crippen molar-refractivity contribution < 1.29 is 4.79 Å². The summed E-state index contributed by atoms with van der Waals surface area (Å²) >= 11 is 6.08. The fraction of sp³-hybridized carbons (Fsp3) is 0.571. The van der Waals surface area contributed by atoms with Crippen LogP contribution in [0.1, 0.15) is 37.0 Å². The zero-order valence-electron chi connectivity index (χ0n) is 11.6. The quantitative estimate of drug-likeness (QED) is 0.926. The molecule has 2 rings (SSSR count). The Balaban J connectivity index is 2.22. The van der Waals surface area contributed by atoms with Gasteiger partial charge in [-0.1, -0.05) is 25.4 Å². The molecule has 1 fully saturated rings. The van der Waals surface area contributed by atoms with Gasteiger partial charge in [0.15, 0.2) is 0 Å². The number of likely N-dealkylation sites (tertiary alicyclic amines) is 1. The van der Waals surface area contributed by atoms with E-state index in [-0.39, 0.29) is 5.91 Å². The third kappa shape index (κ3) is 2.84. The molecular formula is C14H20ClN3O. The van der Waals surface area contributed by atoms with Gasteiger partial charge in [-0.05, 0) is 24.8 Å². The van der Waals surface area contributed by atoms with Crippen LogP contribution in [0.5, 0.6) is 0 Å². The van der Waals surface area contributed by atoms with Crippen LogP contribution >= 0.6 is 11.6 Å². The topological polar surface area (TPSA) is 45.2 Å². The van der Waals surface area contributed by atoms with Crippen molar-refractivity contribution >= 4 is 23.3 Å². The van der Waals surface area contributed by atoms with Crippen molar-refractivity contribution in [2.24, 2.45) is 5.92 Å². The number of hydrogen-bond acceptors (Lipinski definition) is 3. The first-order chi connectivity index (χ1) is 9.04. The van der Waals surface area contributed by atoms with Crippen LogP contribution in [-0.4, -0.2) is 35.4 Å². The molecule has 0 saturated carbocycles. The van der Waals surface area contributed by atoms with Crippen molar-refractivity contribution in [1.82, 2.24) is 9.88 Å². The number of nitrogens with one attached hydrogen (secondary N) is 1. The highest BCUT2D eigenvalue weighted by Crippen LogP contribution is 2.27. The fourth-order valence-electron chi connectivity index (χ4n) is 2.64. The van der Waals surface area contributed by atoms with Crippen molar-refractivity contribution in [3.8, 4) is 0 Å². The smallest absolute Gasteiger partial charge is 0.255 e. The molecule has 0 bridgehead atoms. The Kier molecular flexibility index (Phi) is 4.30. The molecule has 1 aliphatic heterocycles. The van der Waals surface area contributed by atoms with Crippen LogP contribution in [0.15, 0.2) is 12.3 Å². The first-order valence-electron chi connectivity index (χ1n) is 6.69. The van der Waals surface area contributed by atoms with Gasteiger partial charge in [-0.2, -0.15) is 0 Å². The van der Waals surface area contributed by atoms with E-state index in [1.807, 2.05) is 4.90 Å². The van der Waals surface area contributed by atoms with Gasteiger partial charge in [0.2, 0.25) is 0 Å². The number of carbonyl (C=O) groups is 1. The van der Waals surface area contributed by atoms with Crippen LogP contribution in [-0.2, 0) is 0 Å². The number of nitrogens with zero attached hydrogens (tertiary/aromatic N) is 2. The Hall–Kier alpha value is -1.29. The van der Waals surface area contributed by atoms with Gasteiger partial charge in [-0.3, -0.25) is 4.79 Å². The van der Waals surface area contributed by atoms with Crippen LogP contribution in [0.4, 0.5) is 5.82 Å². The van der Waals surface area contributed by atoms with Crippen molar-refractivity contribution in [2.45, 2.75) is 32.7 Å². The van der Waals surface area contributed by atoms with Gasteiger partial charge in [-0.25, -0.2) is 4.98 Å². The standard InChI is InChI=1S/C14H20ClN3O/c1-9(2)12-5-4-6-18(12)14(19)10-7-11(15)13(16-3)17-8-10/h7-9,12H,4-6H2,1-3H3,(H,16,17). The van der Waals surface area contributed by atoms with Crippen LogP contribution in [0.25, 0.3) is 0 Å². The van der Waals surface area contributed by atoms with Crippen molar-refractivity contribution in [3.05, 3.63) is 22.8 Å². The molecule has 1 unspecified atom stereocenters.